The molecule has 4 nitrogen and oxygen atoms in total. The minimum Gasteiger partial charge on any atom is -0.458 e. The summed E-state index contributed by atoms with van der Waals surface area (Å²) in [5.41, 5.74) is 0.291. The molecule has 0 bridgehead atoms. The highest BCUT2D eigenvalue weighted by molar-refractivity contribution is 5.90. The summed E-state index contributed by atoms with van der Waals surface area (Å²) in [6, 6.07) is 0. The van der Waals surface area contributed by atoms with Gasteiger partial charge in [-0.1, -0.05) is 20.4 Å². The van der Waals surface area contributed by atoms with Crippen molar-refractivity contribution in [3.05, 3.63) is 12.2 Å². The van der Waals surface area contributed by atoms with E-state index in [1.54, 1.807) is 0 Å². The SMILES string of the molecule is C=C1C(=O)O[C@@H]2[C@H]3[C@@H](C)[C@@H](O)C[C@@H](O)[C@]3(C)CC[C@@H]12. The van der Waals surface area contributed by atoms with Gasteiger partial charge in [0.2, 0.25) is 0 Å². The molecule has 7 atom stereocenters. The Morgan fingerprint density at radius 3 is 2.79 bits per heavy atom. The van der Waals surface area contributed by atoms with Crippen molar-refractivity contribution in [1.29, 1.82) is 0 Å². The van der Waals surface area contributed by atoms with Crippen LogP contribution in [0.15, 0.2) is 12.2 Å². The number of hydrogen-bond acceptors (Lipinski definition) is 4. The van der Waals surface area contributed by atoms with E-state index in [1.807, 2.05) is 6.92 Å². The molecule has 2 saturated carbocycles. The molecule has 0 aromatic rings. The molecule has 0 radical (unpaired) electrons. The zero-order valence-electron chi connectivity index (χ0n) is 11.5. The quantitative estimate of drug-likeness (QED) is 0.512. The van der Waals surface area contributed by atoms with E-state index in [9.17, 15) is 15.0 Å². The Balaban J connectivity index is 1.99. The zero-order chi connectivity index (χ0) is 13.9. The summed E-state index contributed by atoms with van der Waals surface area (Å²) < 4.78 is 5.52. The highest BCUT2D eigenvalue weighted by Crippen LogP contribution is 2.57. The molecule has 1 aliphatic heterocycles. The minimum absolute atomic E-state index is 0.00759. The normalized spacial score (nSPS) is 53.5. The fourth-order valence-corrected chi connectivity index (χ4v) is 4.54. The van der Waals surface area contributed by atoms with Crippen molar-refractivity contribution in [2.75, 3.05) is 0 Å². The van der Waals surface area contributed by atoms with Gasteiger partial charge in [0.1, 0.15) is 6.10 Å². The summed E-state index contributed by atoms with van der Waals surface area (Å²) in [7, 11) is 0. The number of carbonyl (C=O) groups excluding carboxylic acids is 1. The van der Waals surface area contributed by atoms with Crippen LogP contribution >= 0.6 is 0 Å². The second-order valence-corrected chi connectivity index (χ2v) is 6.75. The van der Waals surface area contributed by atoms with E-state index >= 15 is 0 Å². The minimum atomic E-state index is -0.530. The molecule has 0 aromatic carbocycles. The molecule has 0 unspecified atom stereocenters. The summed E-state index contributed by atoms with van der Waals surface area (Å²) in [5, 5.41) is 20.5. The number of hydrogen-bond donors (Lipinski definition) is 2. The molecular weight excluding hydrogens is 244 g/mol. The molecule has 1 heterocycles. The van der Waals surface area contributed by atoms with E-state index in [1.165, 1.54) is 0 Å². The topological polar surface area (TPSA) is 66.8 Å². The average Bonchev–Trinajstić information content (AvgIpc) is 2.63. The Labute approximate surface area is 113 Å². The second-order valence-electron chi connectivity index (χ2n) is 6.75. The zero-order valence-corrected chi connectivity index (χ0v) is 11.5. The first kappa shape index (κ1) is 13.1. The van der Waals surface area contributed by atoms with Crippen LogP contribution < -0.4 is 0 Å². The molecule has 19 heavy (non-hydrogen) atoms. The van der Waals surface area contributed by atoms with Gasteiger partial charge in [-0.05, 0) is 18.8 Å². The maximum Gasteiger partial charge on any atom is 0.334 e. The van der Waals surface area contributed by atoms with Crippen LogP contribution in [0.5, 0.6) is 0 Å². The molecular formula is C15H22O4. The summed E-state index contributed by atoms with van der Waals surface area (Å²) in [5.74, 6) is -0.209. The van der Waals surface area contributed by atoms with Crippen molar-refractivity contribution in [2.24, 2.45) is 23.2 Å². The Bertz CT molecular complexity index is 432. The van der Waals surface area contributed by atoms with Gasteiger partial charge in [0.15, 0.2) is 0 Å². The average molecular weight is 266 g/mol. The largest absolute Gasteiger partial charge is 0.458 e. The van der Waals surface area contributed by atoms with Crippen LogP contribution in [0.25, 0.3) is 0 Å². The summed E-state index contributed by atoms with van der Waals surface area (Å²) in [4.78, 5) is 11.7. The van der Waals surface area contributed by atoms with Crippen molar-refractivity contribution < 1.29 is 19.7 Å². The summed E-state index contributed by atoms with van der Waals surface area (Å²) in [6.45, 7) is 7.91. The van der Waals surface area contributed by atoms with Crippen molar-refractivity contribution in [1.82, 2.24) is 0 Å². The van der Waals surface area contributed by atoms with E-state index in [0.29, 0.717) is 12.0 Å². The van der Waals surface area contributed by atoms with Crippen LogP contribution in [-0.2, 0) is 9.53 Å². The predicted molar refractivity (Wildman–Crippen MR) is 69.1 cm³/mol. The van der Waals surface area contributed by atoms with Gasteiger partial charge < -0.3 is 14.9 Å². The smallest absolute Gasteiger partial charge is 0.334 e. The third-order valence-electron chi connectivity index (χ3n) is 5.86. The highest BCUT2D eigenvalue weighted by atomic mass is 16.6. The maximum atomic E-state index is 11.7. The molecule has 3 rings (SSSR count). The standard InChI is InChI=1S/C15H22O4/c1-7-9-4-5-15(3)11(17)6-10(16)8(2)12(15)13(9)19-14(7)18/h8-13,16-17H,1,4-6H2,2-3H3/t8-,9-,10-,11+,12+,13-,15-/m0/s1. The van der Waals surface area contributed by atoms with Crippen molar-refractivity contribution in [3.63, 3.8) is 0 Å². The van der Waals surface area contributed by atoms with Gasteiger partial charge in [0.25, 0.3) is 0 Å². The van der Waals surface area contributed by atoms with Crippen LogP contribution in [0.3, 0.4) is 0 Å². The molecule has 0 aromatic heterocycles. The van der Waals surface area contributed by atoms with Crippen LogP contribution in [0.2, 0.25) is 0 Å². The number of esters is 1. The Morgan fingerprint density at radius 1 is 1.42 bits per heavy atom. The molecule has 0 amide bonds. The van der Waals surface area contributed by atoms with Gasteiger partial charge in [-0.2, -0.15) is 0 Å². The van der Waals surface area contributed by atoms with Gasteiger partial charge in [-0.15, -0.1) is 0 Å². The summed E-state index contributed by atoms with van der Waals surface area (Å²) >= 11 is 0. The van der Waals surface area contributed by atoms with Crippen molar-refractivity contribution >= 4 is 5.97 Å². The van der Waals surface area contributed by atoms with Gasteiger partial charge in [-0.3, -0.25) is 0 Å². The first-order valence-corrected chi connectivity index (χ1v) is 7.12. The van der Waals surface area contributed by atoms with Crippen LogP contribution in [0.4, 0.5) is 0 Å². The molecule has 106 valence electrons. The lowest BCUT2D eigenvalue weighted by Gasteiger charge is -2.55. The van der Waals surface area contributed by atoms with Gasteiger partial charge in [-0.25, -0.2) is 4.79 Å². The molecule has 0 spiro atoms. The highest BCUT2D eigenvalue weighted by Gasteiger charge is 2.60. The van der Waals surface area contributed by atoms with E-state index in [-0.39, 0.29) is 35.2 Å². The third kappa shape index (κ3) is 1.62. The second kappa shape index (κ2) is 4.06. The number of fused-ring (bicyclic) bond motifs is 3. The fraction of sp³-hybridized carbons (Fsp3) is 0.800. The molecule has 1 saturated heterocycles. The number of carbonyl (C=O) groups is 1. The molecule has 3 aliphatic rings. The predicted octanol–water partition coefficient (Wildman–Crippen LogP) is 1.26. The Kier molecular flexibility index (Phi) is 2.81. The number of aliphatic hydroxyl groups is 2. The Morgan fingerprint density at radius 2 is 2.11 bits per heavy atom. The Hall–Kier alpha value is -0.870. The van der Waals surface area contributed by atoms with E-state index in [4.69, 9.17) is 4.74 Å². The summed E-state index contributed by atoms with van der Waals surface area (Å²) in [6.07, 6.45) is 0.824. The lowest BCUT2D eigenvalue weighted by atomic mass is 9.52. The van der Waals surface area contributed by atoms with Gasteiger partial charge in [0.05, 0.1) is 12.2 Å². The molecule has 4 heteroatoms. The van der Waals surface area contributed by atoms with Crippen LogP contribution in [0.1, 0.15) is 33.1 Å². The monoisotopic (exact) mass is 266 g/mol. The first-order valence-electron chi connectivity index (χ1n) is 7.12. The van der Waals surface area contributed by atoms with Crippen molar-refractivity contribution in [2.45, 2.75) is 51.4 Å². The first-order chi connectivity index (χ1) is 8.86. The maximum absolute atomic E-state index is 11.7. The fourth-order valence-electron chi connectivity index (χ4n) is 4.54. The number of ether oxygens (including phenoxy) is 1. The molecule has 3 fully saturated rings. The lowest BCUT2D eigenvalue weighted by molar-refractivity contribution is -0.186. The van der Waals surface area contributed by atoms with E-state index in [0.717, 1.165) is 12.8 Å². The van der Waals surface area contributed by atoms with E-state index < -0.39 is 12.2 Å². The van der Waals surface area contributed by atoms with Gasteiger partial charge >= 0.3 is 5.97 Å². The third-order valence-corrected chi connectivity index (χ3v) is 5.86. The van der Waals surface area contributed by atoms with E-state index in [2.05, 4.69) is 13.5 Å². The number of rotatable bonds is 0. The molecule has 2 N–H and O–H groups in total. The van der Waals surface area contributed by atoms with Crippen molar-refractivity contribution in [3.8, 4) is 0 Å². The lowest BCUT2D eigenvalue weighted by Crippen LogP contribution is -2.59. The number of aliphatic hydroxyl groups excluding tert-OH is 2. The van der Waals surface area contributed by atoms with Crippen LogP contribution in [0, 0.1) is 23.2 Å². The van der Waals surface area contributed by atoms with Gasteiger partial charge in [0, 0.05) is 29.2 Å². The van der Waals surface area contributed by atoms with Crippen LogP contribution in [-0.4, -0.2) is 34.5 Å². The molecule has 2 aliphatic carbocycles.